The van der Waals surface area contributed by atoms with Gasteiger partial charge in [0.15, 0.2) is 0 Å². The van der Waals surface area contributed by atoms with E-state index in [1.165, 1.54) is 28.8 Å². The third kappa shape index (κ3) is 4.51. The summed E-state index contributed by atoms with van der Waals surface area (Å²) in [6.07, 6.45) is 3.07. The van der Waals surface area contributed by atoms with Gasteiger partial charge in [0.2, 0.25) is 5.91 Å². The van der Waals surface area contributed by atoms with Crippen molar-refractivity contribution >= 4 is 79.7 Å². The van der Waals surface area contributed by atoms with Crippen LogP contribution in [0, 0.1) is 0 Å². The second kappa shape index (κ2) is 8.73. The van der Waals surface area contributed by atoms with Crippen molar-refractivity contribution in [2.24, 2.45) is 0 Å². The number of amides is 1. The third-order valence-electron chi connectivity index (χ3n) is 4.43. The molecular formula is C18H15Cl3N4O2S2. The highest BCUT2D eigenvalue weighted by molar-refractivity contribution is 7.99. The maximum Gasteiger partial charge on any atom is 0.259 e. The largest absolute Gasteiger partial charge is 0.309 e. The molecule has 0 aliphatic heterocycles. The van der Waals surface area contributed by atoms with Crippen LogP contribution in [0.1, 0.15) is 22.7 Å². The van der Waals surface area contributed by atoms with Gasteiger partial charge >= 0.3 is 0 Å². The van der Waals surface area contributed by atoms with Crippen molar-refractivity contribution in [2.75, 3.05) is 11.2 Å². The van der Waals surface area contributed by atoms with Crippen LogP contribution in [0.4, 0.5) is 5.69 Å². The van der Waals surface area contributed by atoms with Gasteiger partial charge in [-0.3, -0.25) is 20.4 Å². The summed E-state index contributed by atoms with van der Waals surface area (Å²) in [7, 11) is 0. The lowest BCUT2D eigenvalue weighted by Gasteiger charge is -2.12. The van der Waals surface area contributed by atoms with Gasteiger partial charge in [0.1, 0.15) is 10.7 Å². The normalized spacial score (nSPS) is 12.9. The predicted octanol–water partition coefficient (Wildman–Crippen LogP) is 4.81. The molecule has 1 aliphatic carbocycles. The van der Waals surface area contributed by atoms with E-state index in [2.05, 4.69) is 20.8 Å². The molecule has 0 atom stereocenters. The molecular weight excluding hydrogens is 475 g/mol. The first kappa shape index (κ1) is 20.8. The lowest BCUT2D eigenvalue weighted by Crippen LogP contribution is -2.31. The van der Waals surface area contributed by atoms with Crippen LogP contribution in [0.2, 0.25) is 15.1 Å². The number of nitrogens with zero attached hydrogens (tertiary/aromatic N) is 1. The molecule has 0 saturated heterocycles. The number of rotatable bonds is 6. The SMILES string of the molecule is O=C(CSCc1nc2sc3c(c2c(=O)[nH]1)CCC3)NNc1c(Cl)cc(Cl)cc1Cl. The van der Waals surface area contributed by atoms with Gasteiger partial charge < -0.3 is 4.98 Å². The van der Waals surface area contributed by atoms with Crippen LogP contribution in [0.15, 0.2) is 16.9 Å². The zero-order valence-corrected chi connectivity index (χ0v) is 18.8. The summed E-state index contributed by atoms with van der Waals surface area (Å²) in [5, 5.41) is 1.73. The van der Waals surface area contributed by atoms with E-state index in [0.717, 1.165) is 35.0 Å². The van der Waals surface area contributed by atoms with Crippen molar-refractivity contribution in [3.63, 3.8) is 0 Å². The molecule has 0 bridgehead atoms. The molecule has 0 radical (unpaired) electrons. The fourth-order valence-electron chi connectivity index (χ4n) is 3.19. The molecule has 0 spiro atoms. The Kier molecular flexibility index (Phi) is 6.27. The van der Waals surface area contributed by atoms with Crippen LogP contribution in [0.25, 0.3) is 10.2 Å². The van der Waals surface area contributed by atoms with Crippen molar-refractivity contribution in [1.82, 2.24) is 15.4 Å². The molecule has 2 aromatic heterocycles. The topological polar surface area (TPSA) is 86.9 Å². The van der Waals surface area contributed by atoms with Gasteiger partial charge in [-0.2, -0.15) is 0 Å². The number of aromatic nitrogens is 2. The molecule has 3 N–H and O–H groups in total. The number of H-pyrrole nitrogens is 1. The van der Waals surface area contributed by atoms with Gasteiger partial charge in [0.25, 0.3) is 5.56 Å². The smallest absolute Gasteiger partial charge is 0.259 e. The van der Waals surface area contributed by atoms with E-state index >= 15 is 0 Å². The Morgan fingerprint density at radius 2 is 2.00 bits per heavy atom. The molecule has 29 heavy (non-hydrogen) atoms. The summed E-state index contributed by atoms with van der Waals surface area (Å²) in [5.74, 6) is 0.884. The number of halogens is 3. The summed E-state index contributed by atoms with van der Waals surface area (Å²) in [4.78, 5) is 34.0. The first-order chi connectivity index (χ1) is 13.9. The third-order valence-corrected chi connectivity index (χ3v) is 7.37. The highest BCUT2D eigenvalue weighted by atomic mass is 35.5. The number of carbonyl (C=O) groups is 1. The first-order valence-corrected chi connectivity index (χ1v) is 11.8. The molecule has 1 aromatic carbocycles. The summed E-state index contributed by atoms with van der Waals surface area (Å²) >= 11 is 20.9. The molecule has 3 aromatic rings. The van der Waals surface area contributed by atoms with Crippen LogP contribution < -0.4 is 16.4 Å². The maximum absolute atomic E-state index is 12.4. The molecule has 1 amide bonds. The summed E-state index contributed by atoms with van der Waals surface area (Å²) in [5.41, 5.74) is 6.68. The fraction of sp³-hybridized carbons (Fsp3) is 0.278. The van der Waals surface area contributed by atoms with Crippen molar-refractivity contribution in [3.8, 4) is 0 Å². The Morgan fingerprint density at radius 1 is 1.24 bits per heavy atom. The van der Waals surface area contributed by atoms with E-state index in [9.17, 15) is 9.59 Å². The summed E-state index contributed by atoms with van der Waals surface area (Å²) in [6.45, 7) is 0. The van der Waals surface area contributed by atoms with E-state index in [1.807, 2.05) is 0 Å². The Balaban J connectivity index is 1.33. The number of hydrogen-bond donors (Lipinski definition) is 3. The molecule has 0 fully saturated rings. The zero-order valence-electron chi connectivity index (χ0n) is 14.9. The van der Waals surface area contributed by atoms with E-state index in [0.29, 0.717) is 32.3 Å². The van der Waals surface area contributed by atoms with E-state index in [4.69, 9.17) is 34.8 Å². The van der Waals surface area contributed by atoms with Crippen molar-refractivity contribution in [3.05, 3.63) is 53.8 Å². The lowest BCUT2D eigenvalue weighted by atomic mass is 10.2. The minimum absolute atomic E-state index is 0.0943. The highest BCUT2D eigenvalue weighted by Crippen LogP contribution is 2.35. The Labute approximate surface area is 189 Å². The second-order valence-corrected chi connectivity index (χ2v) is 9.78. The van der Waals surface area contributed by atoms with Crippen molar-refractivity contribution < 1.29 is 4.79 Å². The number of fused-ring (bicyclic) bond motifs is 3. The average molecular weight is 490 g/mol. The van der Waals surface area contributed by atoms with Gasteiger partial charge in [-0.05, 0) is 37.0 Å². The minimum atomic E-state index is -0.268. The minimum Gasteiger partial charge on any atom is -0.309 e. The van der Waals surface area contributed by atoms with E-state index in [1.54, 1.807) is 11.3 Å². The number of aromatic amines is 1. The van der Waals surface area contributed by atoms with Gasteiger partial charge in [0.05, 0.1) is 32.6 Å². The Bertz CT molecular complexity index is 1140. The van der Waals surface area contributed by atoms with E-state index < -0.39 is 0 Å². The monoisotopic (exact) mass is 488 g/mol. The van der Waals surface area contributed by atoms with Crippen molar-refractivity contribution in [2.45, 2.75) is 25.0 Å². The molecule has 0 saturated carbocycles. The number of hydrazine groups is 1. The predicted molar refractivity (Wildman–Crippen MR) is 122 cm³/mol. The van der Waals surface area contributed by atoms with Crippen LogP contribution in [0.3, 0.4) is 0 Å². The maximum atomic E-state index is 12.4. The number of hydrogen-bond acceptors (Lipinski definition) is 6. The first-order valence-electron chi connectivity index (χ1n) is 8.73. The number of benzene rings is 1. The van der Waals surface area contributed by atoms with Gasteiger partial charge in [-0.1, -0.05) is 34.8 Å². The molecule has 0 unspecified atom stereocenters. The fourth-order valence-corrected chi connectivity index (χ4v) is 6.07. The molecule has 6 nitrogen and oxygen atoms in total. The van der Waals surface area contributed by atoms with E-state index in [-0.39, 0.29) is 17.2 Å². The van der Waals surface area contributed by atoms with Gasteiger partial charge in [-0.15, -0.1) is 23.1 Å². The molecule has 1 aliphatic rings. The second-order valence-electron chi connectivity index (χ2n) is 6.46. The lowest BCUT2D eigenvalue weighted by molar-refractivity contribution is -0.118. The average Bonchev–Trinajstić information content (AvgIpc) is 3.21. The zero-order chi connectivity index (χ0) is 20.5. The number of thioether (sulfide) groups is 1. The van der Waals surface area contributed by atoms with Crippen molar-refractivity contribution in [1.29, 1.82) is 0 Å². The number of anilines is 1. The van der Waals surface area contributed by atoms with Crippen LogP contribution in [0.5, 0.6) is 0 Å². The van der Waals surface area contributed by atoms with Crippen LogP contribution >= 0.6 is 57.9 Å². The van der Waals surface area contributed by atoms with Gasteiger partial charge in [0, 0.05) is 9.90 Å². The Morgan fingerprint density at radius 3 is 2.76 bits per heavy atom. The van der Waals surface area contributed by atoms with Crippen LogP contribution in [-0.4, -0.2) is 21.6 Å². The molecule has 152 valence electrons. The molecule has 11 heteroatoms. The summed E-state index contributed by atoms with van der Waals surface area (Å²) in [6, 6.07) is 3.05. The molecule has 2 heterocycles. The van der Waals surface area contributed by atoms with Gasteiger partial charge in [-0.25, -0.2) is 4.98 Å². The molecule has 4 rings (SSSR count). The number of carbonyl (C=O) groups excluding carboxylic acids is 1. The number of aryl methyl sites for hydroxylation is 2. The quantitative estimate of drug-likeness (QED) is 0.433. The number of thiophene rings is 1. The van der Waals surface area contributed by atoms with Crippen LogP contribution in [-0.2, 0) is 23.4 Å². The highest BCUT2D eigenvalue weighted by Gasteiger charge is 2.21. The Hall–Kier alpha value is -1.45. The number of nitrogens with one attached hydrogen (secondary N) is 3. The standard InChI is InChI=1S/C18H15Cl3N4O2S2/c19-8-4-10(20)16(11(21)5-8)25-24-14(26)7-28-6-13-22-17(27)15-9-2-1-3-12(9)29-18(15)23-13/h4-5,25H,1-3,6-7H2,(H,24,26)(H,22,23,27). The summed E-state index contributed by atoms with van der Waals surface area (Å²) < 4.78 is 0.